The number of rotatable bonds is 4. The van der Waals surface area contributed by atoms with Crippen LogP contribution < -0.4 is 5.56 Å². The van der Waals surface area contributed by atoms with E-state index in [1.54, 1.807) is 36.4 Å². The van der Waals surface area contributed by atoms with Crippen molar-refractivity contribution in [3.63, 3.8) is 0 Å². The Morgan fingerprint density at radius 3 is 2.64 bits per heavy atom. The van der Waals surface area contributed by atoms with Gasteiger partial charge in [0.2, 0.25) is 0 Å². The van der Waals surface area contributed by atoms with Gasteiger partial charge in [-0.25, -0.2) is 9.37 Å². The third-order valence-electron chi connectivity index (χ3n) is 3.27. The van der Waals surface area contributed by atoms with E-state index in [1.165, 1.54) is 22.4 Å². The quantitative estimate of drug-likeness (QED) is 0.539. The van der Waals surface area contributed by atoms with Gasteiger partial charge in [-0.1, -0.05) is 43.0 Å². The standard InChI is InChI=1S/C17H15FN2OS/c1-2-11-22-17-19-14-9-5-3-7-12(14)16(21)20(17)15-10-6-4-8-13(15)18/h3-10H,2,11H2,1H3. The fourth-order valence-electron chi connectivity index (χ4n) is 2.25. The zero-order chi connectivity index (χ0) is 15.5. The number of hydrogen-bond donors (Lipinski definition) is 0. The normalized spacial score (nSPS) is 11.0. The molecule has 2 aromatic carbocycles. The van der Waals surface area contributed by atoms with Crippen LogP contribution in [0.5, 0.6) is 0 Å². The fraction of sp³-hybridized carbons (Fsp3) is 0.176. The number of aromatic nitrogens is 2. The maximum Gasteiger partial charge on any atom is 0.266 e. The highest BCUT2D eigenvalue weighted by Crippen LogP contribution is 2.23. The minimum absolute atomic E-state index is 0.240. The van der Waals surface area contributed by atoms with E-state index in [4.69, 9.17) is 0 Å². The predicted molar refractivity (Wildman–Crippen MR) is 88.3 cm³/mol. The third kappa shape index (κ3) is 2.64. The van der Waals surface area contributed by atoms with Crippen LogP contribution in [0.15, 0.2) is 58.5 Å². The maximum absolute atomic E-state index is 14.2. The summed E-state index contributed by atoms with van der Waals surface area (Å²) in [6.07, 6.45) is 0.949. The summed E-state index contributed by atoms with van der Waals surface area (Å²) >= 11 is 1.46. The highest BCUT2D eigenvalue weighted by Gasteiger charge is 2.15. The third-order valence-corrected chi connectivity index (χ3v) is 4.42. The highest BCUT2D eigenvalue weighted by atomic mass is 32.2. The molecule has 0 aliphatic heterocycles. The van der Waals surface area contributed by atoms with Crippen molar-refractivity contribution in [2.45, 2.75) is 18.5 Å². The van der Waals surface area contributed by atoms with Crippen molar-refractivity contribution >= 4 is 22.7 Å². The lowest BCUT2D eigenvalue weighted by atomic mass is 10.2. The number of hydrogen-bond acceptors (Lipinski definition) is 3. The Labute approximate surface area is 131 Å². The van der Waals surface area contributed by atoms with E-state index in [1.807, 2.05) is 6.07 Å². The SMILES string of the molecule is CCCSc1nc2ccccc2c(=O)n1-c1ccccc1F. The maximum atomic E-state index is 14.2. The monoisotopic (exact) mass is 314 g/mol. The summed E-state index contributed by atoms with van der Waals surface area (Å²) in [5.74, 6) is 0.388. The minimum atomic E-state index is -0.431. The van der Waals surface area contributed by atoms with Crippen LogP contribution >= 0.6 is 11.8 Å². The van der Waals surface area contributed by atoms with Crippen molar-refractivity contribution in [2.75, 3.05) is 5.75 Å². The van der Waals surface area contributed by atoms with E-state index in [-0.39, 0.29) is 11.2 Å². The van der Waals surface area contributed by atoms with Crippen molar-refractivity contribution in [3.05, 3.63) is 64.7 Å². The van der Waals surface area contributed by atoms with Gasteiger partial charge in [0.15, 0.2) is 5.16 Å². The zero-order valence-corrected chi connectivity index (χ0v) is 12.9. The van der Waals surface area contributed by atoms with Crippen LogP contribution in [0.2, 0.25) is 0 Å². The van der Waals surface area contributed by atoms with E-state index < -0.39 is 5.82 Å². The van der Waals surface area contributed by atoms with Crippen LogP contribution in [0.3, 0.4) is 0 Å². The summed E-state index contributed by atoms with van der Waals surface area (Å²) in [4.78, 5) is 17.4. The lowest BCUT2D eigenvalue weighted by molar-refractivity contribution is 0.608. The smallest absolute Gasteiger partial charge is 0.266 e. The van der Waals surface area contributed by atoms with E-state index in [0.717, 1.165) is 12.2 Å². The van der Waals surface area contributed by atoms with Gasteiger partial charge in [-0.3, -0.25) is 9.36 Å². The van der Waals surface area contributed by atoms with Crippen molar-refractivity contribution in [3.8, 4) is 5.69 Å². The average Bonchev–Trinajstić information content (AvgIpc) is 2.54. The number of fused-ring (bicyclic) bond motifs is 1. The molecule has 1 heterocycles. The van der Waals surface area contributed by atoms with Crippen LogP contribution in [0.1, 0.15) is 13.3 Å². The molecule has 22 heavy (non-hydrogen) atoms. The summed E-state index contributed by atoms with van der Waals surface area (Å²) < 4.78 is 15.5. The summed E-state index contributed by atoms with van der Waals surface area (Å²) in [5.41, 5.74) is 0.636. The Morgan fingerprint density at radius 1 is 1.14 bits per heavy atom. The zero-order valence-electron chi connectivity index (χ0n) is 12.1. The molecule has 0 N–H and O–H groups in total. The summed E-state index contributed by atoms with van der Waals surface area (Å²) in [7, 11) is 0. The van der Waals surface area contributed by atoms with Gasteiger partial charge in [0, 0.05) is 5.75 Å². The Balaban J connectivity index is 2.33. The molecular weight excluding hydrogens is 299 g/mol. The molecule has 0 saturated heterocycles. The Kier molecular flexibility index (Phi) is 4.24. The molecule has 3 aromatic rings. The van der Waals surface area contributed by atoms with Crippen molar-refractivity contribution < 1.29 is 4.39 Å². The van der Waals surface area contributed by atoms with Crippen molar-refractivity contribution in [1.82, 2.24) is 9.55 Å². The number of halogens is 1. The molecule has 0 radical (unpaired) electrons. The molecule has 0 aliphatic rings. The van der Waals surface area contributed by atoms with Gasteiger partial charge in [0.25, 0.3) is 5.56 Å². The first-order valence-electron chi connectivity index (χ1n) is 7.12. The molecule has 3 rings (SSSR count). The number of benzene rings is 2. The van der Waals surface area contributed by atoms with Crippen LogP contribution in [0.4, 0.5) is 4.39 Å². The first-order valence-corrected chi connectivity index (χ1v) is 8.10. The summed E-state index contributed by atoms with van der Waals surface area (Å²) in [5, 5.41) is 1.02. The number of thioether (sulfide) groups is 1. The number of para-hydroxylation sites is 2. The highest BCUT2D eigenvalue weighted by molar-refractivity contribution is 7.99. The van der Waals surface area contributed by atoms with Crippen LogP contribution in [-0.4, -0.2) is 15.3 Å². The topological polar surface area (TPSA) is 34.9 Å². The molecule has 0 atom stereocenters. The summed E-state index contributed by atoms with van der Waals surface area (Å²) in [6, 6.07) is 13.4. The van der Waals surface area contributed by atoms with Crippen LogP contribution in [-0.2, 0) is 0 Å². The molecule has 5 heteroatoms. The van der Waals surface area contributed by atoms with Crippen molar-refractivity contribution in [2.24, 2.45) is 0 Å². The molecule has 0 amide bonds. The molecule has 112 valence electrons. The van der Waals surface area contributed by atoms with Gasteiger partial charge in [-0.15, -0.1) is 0 Å². The number of nitrogens with zero attached hydrogens (tertiary/aromatic N) is 2. The van der Waals surface area contributed by atoms with Gasteiger partial charge in [0.1, 0.15) is 5.82 Å². The van der Waals surface area contributed by atoms with Gasteiger partial charge < -0.3 is 0 Å². The molecule has 3 nitrogen and oxygen atoms in total. The molecule has 0 fully saturated rings. The van der Waals surface area contributed by atoms with Crippen LogP contribution in [0.25, 0.3) is 16.6 Å². The van der Waals surface area contributed by atoms with E-state index in [0.29, 0.717) is 16.1 Å². The Morgan fingerprint density at radius 2 is 1.86 bits per heavy atom. The second-order valence-electron chi connectivity index (χ2n) is 4.85. The average molecular weight is 314 g/mol. The predicted octanol–water partition coefficient (Wildman–Crippen LogP) is 4.03. The Hall–Kier alpha value is -2.14. The lowest BCUT2D eigenvalue weighted by Crippen LogP contribution is -2.22. The van der Waals surface area contributed by atoms with E-state index in [2.05, 4.69) is 11.9 Å². The minimum Gasteiger partial charge on any atom is -0.268 e. The van der Waals surface area contributed by atoms with Crippen molar-refractivity contribution in [1.29, 1.82) is 0 Å². The second kappa shape index (κ2) is 6.32. The van der Waals surface area contributed by atoms with Gasteiger partial charge in [0.05, 0.1) is 16.6 Å². The molecule has 1 aromatic heterocycles. The molecule has 0 saturated carbocycles. The van der Waals surface area contributed by atoms with Gasteiger partial charge in [-0.05, 0) is 30.7 Å². The van der Waals surface area contributed by atoms with Crippen LogP contribution in [0, 0.1) is 5.82 Å². The molecular formula is C17H15FN2OS. The van der Waals surface area contributed by atoms with E-state index >= 15 is 0 Å². The lowest BCUT2D eigenvalue weighted by Gasteiger charge is -2.13. The largest absolute Gasteiger partial charge is 0.268 e. The molecule has 0 bridgehead atoms. The van der Waals surface area contributed by atoms with Gasteiger partial charge >= 0.3 is 0 Å². The molecule has 0 spiro atoms. The fourth-order valence-corrected chi connectivity index (χ4v) is 3.11. The first kappa shape index (κ1) is 14.8. The second-order valence-corrected chi connectivity index (χ2v) is 5.91. The Bertz CT molecular complexity index is 876. The molecule has 0 unspecified atom stereocenters. The summed E-state index contributed by atoms with van der Waals surface area (Å²) in [6.45, 7) is 2.06. The van der Waals surface area contributed by atoms with Gasteiger partial charge in [-0.2, -0.15) is 0 Å². The first-order chi connectivity index (χ1) is 10.7. The molecule has 0 aliphatic carbocycles. The van der Waals surface area contributed by atoms with E-state index in [9.17, 15) is 9.18 Å².